The molecule has 0 radical (unpaired) electrons. The van der Waals surface area contributed by atoms with E-state index in [-0.39, 0.29) is 31.4 Å². The first kappa shape index (κ1) is 22.2. The van der Waals surface area contributed by atoms with E-state index in [2.05, 4.69) is 17.4 Å². The summed E-state index contributed by atoms with van der Waals surface area (Å²) in [7, 11) is 0. The van der Waals surface area contributed by atoms with Gasteiger partial charge in [0.15, 0.2) is 0 Å². The van der Waals surface area contributed by atoms with E-state index >= 15 is 0 Å². The molecule has 3 rings (SSSR count). The molecule has 0 aliphatic carbocycles. The van der Waals surface area contributed by atoms with E-state index in [0.29, 0.717) is 12.1 Å². The molecular weight excluding hydrogens is 377 g/mol. The second kappa shape index (κ2) is 11.6. The Bertz CT molecular complexity index is 872. The van der Waals surface area contributed by atoms with Gasteiger partial charge in [0, 0.05) is 24.3 Å². The molecule has 0 aliphatic rings. The van der Waals surface area contributed by atoms with Crippen molar-refractivity contribution >= 4 is 23.2 Å². The quantitative estimate of drug-likeness (QED) is 0.455. The Hall–Kier alpha value is -2.14. The van der Waals surface area contributed by atoms with Gasteiger partial charge >= 0.3 is 0 Å². The highest BCUT2D eigenvalue weighted by molar-refractivity contribution is 5.87. The summed E-state index contributed by atoms with van der Waals surface area (Å²) in [6, 6.07) is 18.9. The van der Waals surface area contributed by atoms with E-state index in [1.165, 1.54) is 6.07 Å². The Kier molecular flexibility index (Phi) is 9.21. The molecule has 2 N–H and O–H groups in total. The van der Waals surface area contributed by atoms with Gasteiger partial charge in [-0.2, -0.15) is 0 Å². The van der Waals surface area contributed by atoms with Crippen LogP contribution in [0.25, 0.3) is 10.8 Å². The van der Waals surface area contributed by atoms with Crippen LogP contribution in [-0.4, -0.2) is 18.3 Å². The van der Waals surface area contributed by atoms with Crippen molar-refractivity contribution in [2.75, 3.05) is 13.2 Å². The maximum absolute atomic E-state index is 13.9. The standard InChI is InChI=1S/C23H26FNO2.ClH/c24-22-11-5-3-9-19(22)17-27-23-13-12-18-8-2-4-10-20(18)21(23)16-25-14-6-1-7-15-26;/h2-5,8-13,25-26H,1,6-7,14-17H2;1H. The van der Waals surface area contributed by atoms with Crippen molar-refractivity contribution < 1.29 is 14.2 Å². The summed E-state index contributed by atoms with van der Waals surface area (Å²) >= 11 is 0. The molecule has 0 atom stereocenters. The highest BCUT2D eigenvalue weighted by atomic mass is 35.5. The van der Waals surface area contributed by atoms with E-state index in [0.717, 1.165) is 47.9 Å². The topological polar surface area (TPSA) is 41.5 Å². The predicted octanol–water partition coefficient (Wildman–Crippen LogP) is 5.23. The molecule has 3 aromatic rings. The average molecular weight is 404 g/mol. The van der Waals surface area contributed by atoms with Crippen LogP contribution in [0, 0.1) is 5.82 Å². The number of ether oxygens (including phenoxy) is 1. The molecule has 0 fully saturated rings. The van der Waals surface area contributed by atoms with Crippen molar-refractivity contribution in [3.05, 3.63) is 77.6 Å². The lowest BCUT2D eigenvalue weighted by Gasteiger charge is -2.15. The molecule has 0 saturated carbocycles. The number of aliphatic hydroxyl groups is 1. The highest BCUT2D eigenvalue weighted by Gasteiger charge is 2.10. The van der Waals surface area contributed by atoms with Crippen molar-refractivity contribution in [1.29, 1.82) is 0 Å². The molecule has 5 heteroatoms. The van der Waals surface area contributed by atoms with Gasteiger partial charge in [-0.3, -0.25) is 0 Å². The number of rotatable bonds is 10. The van der Waals surface area contributed by atoms with Gasteiger partial charge in [-0.05, 0) is 48.7 Å². The first-order valence-corrected chi connectivity index (χ1v) is 9.48. The van der Waals surface area contributed by atoms with Crippen LogP contribution in [-0.2, 0) is 13.2 Å². The molecule has 28 heavy (non-hydrogen) atoms. The van der Waals surface area contributed by atoms with Gasteiger partial charge in [0.25, 0.3) is 0 Å². The van der Waals surface area contributed by atoms with Crippen molar-refractivity contribution in [1.82, 2.24) is 5.32 Å². The predicted molar refractivity (Wildman–Crippen MR) is 115 cm³/mol. The van der Waals surface area contributed by atoms with Crippen LogP contribution < -0.4 is 10.1 Å². The summed E-state index contributed by atoms with van der Waals surface area (Å²) in [5.41, 5.74) is 1.64. The number of unbranched alkanes of at least 4 members (excludes halogenated alkanes) is 2. The molecule has 0 spiro atoms. The van der Waals surface area contributed by atoms with Crippen LogP contribution in [0.3, 0.4) is 0 Å². The van der Waals surface area contributed by atoms with Crippen LogP contribution >= 0.6 is 12.4 Å². The molecule has 0 unspecified atom stereocenters. The molecular formula is C23H27ClFNO2. The van der Waals surface area contributed by atoms with Gasteiger partial charge in [-0.15, -0.1) is 12.4 Å². The molecule has 3 nitrogen and oxygen atoms in total. The summed E-state index contributed by atoms with van der Waals surface area (Å²) in [6.45, 7) is 2.02. The van der Waals surface area contributed by atoms with Gasteiger partial charge in [0.2, 0.25) is 0 Å². The number of fused-ring (bicyclic) bond motifs is 1. The van der Waals surface area contributed by atoms with Crippen molar-refractivity contribution in [3.8, 4) is 5.75 Å². The molecule has 0 aliphatic heterocycles. The molecule has 3 aromatic carbocycles. The Morgan fingerprint density at radius 2 is 1.68 bits per heavy atom. The molecule has 0 aromatic heterocycles. The normalized spacial score (nSPS) is 10.6. The number of halogens is 2. The zero-order chi connectivity index (χ0) is 18.9. The number of hydrogen-bond acceptors (Lipinski definition) is 3. The number of benzene rings is 3. The summed E-state index contributed by atoms with van der Waals surface area (Å²) in [4.78, 5) is 0. The lowest BCUT2D eigenvalue weighted by atomic mass is 10.0. The van der Waals surface area contributed by atoms with Crippen LogP contribution in [0.4, 0.5) is 4.39 Å². The fourth-order valence-corrected chi connectivity index (χ4v) is 3.16. The van der Waals surface area contributed by atoms with Crippen LogP contribution in [0.15, 0.2) is 60.7 Å². The lowest BCUT2D eigenvalue weighted by Crippen LogP contribution is -2.16. The maximum atomic E-state index is 13.9. The third-order valence-corrected chi connectivity index (χ3v) is 4.65. The SMILES string of the molecule is Cl.OCCCCCNCc1c(OCc2ccccc2F)ccc2ccccc12. The van der Waals surface area contributed by atoms with Crippen molar-refractivity contribution in [3.63, 3.8) is 0 Å². The average Bonchev–Trinajstić information content (AvgIpc) is 2.70. The van der Waals surface area contributed by atoms with Gasteiger partial charge in [0.05, 0.1) is 0 Å². The Balaban J connectivity index is 0.00000280. The molecule has 150 valence electrons. The van der Waals surface area contributed by atoms with Crippen LogP contribution in [0.5, 0.6) is 5.75 Å². The fourth-order valence-electron chi connectivity index (χ4n) is 3.16. The Morgan fingerprint density at radius 1 is 0.893 bits per heavy atom. The minimum absolute atomic E-state index is 0. The number of hydrogen-bond donors (Lipinski definition) is 2. The largest absolute Gasteiger partial charge is 0.488 e. The zero-order valence-electron chi connectivity index (χ0n) is 15.9. The summed E-state index contributed by atoms with van der Waals surface area (Å²) in [5.74, 6) is 0.529. The second-order valence-electron chi connectivity index (χ2n) is 6.60. The lowest BCUT2D eigenvalue weighted by molar-refractivity contribution is 0.282. The molecule has 0 heterocycles. The van der Waals surface area contributed by atoms with Crippen molar-refractivity contribution in [2.24, 2.45) is 0 Å². The van der Waals surface area contributed by atoms with Crippen LogP contribution in [0.1, 0.15) is 30.4 Å². The van der Waals surface area contributed by atoms with E-state index in [1.54, 1.807) is 12.1 Å². The summed E-state index contributed by atoms with van der Waals surface area (Å²) in [6.07, 6.45) is 2.87. The summed E-state index contributed by atoms with van der Waals surface area (Å²) in [5, 5.41) is 14.6. The second-order valence-corrected chi connectivity index (χ2v) is 6.60. The third kappa shape index (κ3) is 5.93. The maximum Gasteiger partial charge on any atom is 0.129 e. The number of nitrogens with one attached hydrogen (secondary N) is 1. The zero-order valence-corrected chi connectivity index (χ0v) is 16.7. The first-order valence-electron chi connectivity index (χ1n) is 9.48. The molecule has 0 bridgehead atoms. The smallest absolute Gasteiger partial charge is 0.129 e. The number of aliphatic hydroxyl groups excluding tert-OH is 1. The third-order valence-electron chi connectivity index (χ3n) is 4.65. The van der Waals surface area contributed by atoms with Gasteiger partial charge in [-0.25, -0.2) is 4.39 Å². The van der Waals surface area contributed by atoms with Gasteiger partial charge < -0.3 is 15.2 Å². The van der Waals surface area contributed by atoms with E-state index < -0.39 is 0 Å². The Labute approximate surface area is 172 Å². The first-order chi connectivity index (χ1) is 13.3. The minimum atomic E-state index is -0.248. The fraction of sp³-hybridized carbons (Fsp3) is 0.304. The summed E-state index contributed by atoms with van der Waals surface area (Å²) < 4.78 is 19.9. The van der Waals surface area contributed by atoms with Crippen LogP contribution in [0.2, 0.25) is 0 Å². The Morgan fingerprint density at radius 3 is 2.50 bits per heavy atom. The molecule has 0 saturated heterocycles. The van der Waals surface area contributed by atoms with E-state index in [4.69, 9.17) is 9.84 Å². The van der Waals surface area contributed by atoms with Gasteiger partial charge in [-0.1, -0.05) is 48.5 Å². The molecule has 0 amide bonds. The highest BCUT2D eigenvalue weighted by Crippen LogP contribution is 2.29. The van der Waals surface area contributed by atoms with Gasteiger partial charge in [0.1, 0.15) is 18.2 Å². The minimum Gasteiger partial charge on any atom is -0.488 e. The monoisotopic (exact) mass is 403 g/mol. The van der Waals surface area contributed by atoms with Crippen molar-refractivity contribution in [2.45, 2.75) is 32.4 Å². The van der Waals surface area contributed by atoms with E-state index in [1.807, 2.05) is 30.3 Å². The van der Waals surface area contributed by atoms with E-state index in [9.17, 15) is 4.39 Å².